The summed E-state index contributed by atoms with van der Waals surface area (Å²) in [5, 5.41) is 13.1. The third-order valence-corrected chi connectivity index (χ3v) is 6.23. The second-order valence-electron chi connectivity index (χ2n) is 9.38. The molecule has 3 aromatic rings. The Hall–Kier alpha value is -3.78. The molecule has 0 saturated carbocycles. The van der Waals surface area contributed by atoms with Crippen molar-refractivity contribution in [2.45, 2.75) is 25.8 Å². The van der Waals surface area contributed by atoms with Gasteiger partial charge in [-0.2, -0.15) is 33.4 Å². The second-order valence-corrected chi connectivity index (χ2v) is 9.38. The number of benzene rings is 2. The van der Waals surface area contributed by atoms with Crippen LogP contribution in [0.3, 0.4) is 0 Å². The van der Waals surface area contributed by atoms with E-state index in [4.69, 9.17) is 0 Å². The van der Waals surface area contributed by atoms with Gasteiger partial charge < -0.3 is 20.2 Å². The summed E-state index contributed by atoms with van der Waals surface area (Å²) in [5.41, 5.74) is -1.13. The minimum atomic E-state index is -4.80. The Morgan fingerprint density at radius 2 is 1.54 bits per heavy atom. The highest BCUT2D eigenvalue weighted by atomic mass is 19.4. The molecule has 222 valence electrons. The van der Waals surface area contributed by atoms with Crippen LogP contribution in [-0.4, -0.2) is 66.2 Å². The van der Waals surface area contributed by atoms with Crippen LogP contribution in [-0.2, 0) is 18.9 Å². The molecule has 0 radical (unpaired) electrons. The highest BCUT2D eigenvalue weighted by Crippen LogP contribution is 2.36. The molecule has 4 rings (SSSR count). The summed E-state index contributed by atoms with van der Waals surface area (Å²) in [4.78, 5) is 24.5. The van der Waals surface area contributed by atoms with Gasteiger partial charge in [0.05, 0.1) is 11.1 Å². The molecule has 1 fully saturated rings. The first-order valence-electron chi connectivity index (χ1n) is 12.2. The summed E-state index contributed by atoms with van der Waals surface area (Å²) < 4.78 is 87.6. The zero-order valence-electron chi connectivity index (χ0n) is 22.3. The quantitative estimate of drug-likeness (QED) is 0.355. The van der Waals surface area contributed by atoms with Crippen LogP contribution in [0.2, 0.25) is 0 Å². The first-order valence-corrected chi connectivity index (χ1v) is 12.2. The predicted molar refractivity (Wildman–Crippen MR) is 138 cm³/mol. The van der Waals surface area contributed by atoms with Crippen LogP contribution in [0.5, 0.6) is 0 Å². The smallest absolute Gasteiger partial charge is 0.416 e. The molecule has 14 heteroatoms. The lowest BCUT2D eigenvalue weighted by Crippen LogP contribution is -2.45. The predicted octanol–water partition coefficient (Wildman–Crippen LogP) is 6.27. The van der Waals surface area contributed by atoms with Gasteiger partial charge in [0.25, 0.3) is 0 Å². The van der Waals surface area contributed by atoms with E-state index in [2.05, 4.69) is 20.2 Å². The third-order valence-electron chi connectivity index (χ3n) is 6.23. The maximum absolute atomic E-state index is 13.3. The maximum atomic E-state index is 13.3. The van der Waals surface area contributed by atoms with Crippen LogP contribution in [0, 0.1) is 12.7 Å². The molecular weight excluding hydrogens is 559 g/mol. The van der Waals surface area contributed by atoms with E-state index in [0.29, 0.717) is 34.8 Å². The Morgan fingerprint density at radius 3 is 2.02 bits per heavy atom. The van der Waals surface area contributed by atoms with Gasteiger partial charge in [0.2, 0.25) is 5.95 Å². The monoisotopic (exact) mass is 586 g/mol. The van der Waals surface area contributed by atoms with E-state index in [-0.39, 0.29) is 29.7 Å². The summed E-state index contributed by atoms with van der Waals surface area (Å²) in [7, 11) is 3.36. The van der Waals surface area contributed by atoms with Crippen molar-refractivity contribution in [3.8, 4) is 11.1 Å². The molecule has 1 aliphatic heterocycles. The first-order chi connectivity index (χ1) is 19.1. The van der Waals surface area contributed by atoms with Crippen LogP contribution in [0.4, 0.5) is 36.7 Å². The van der Waals surface area contributed by atoms with Crippen molar-refractivity contribution < 1.29 is 40.6 Å². The van der Waals surface area contributed by atoms with Gasteiger partial charge in [-0.1, -0.05) is 11.6 Å². The minimum Gasteiger partial charge on any atom is -0.661 e. The highest BCUT2D eigenvalue weighted by Gasteiger charge is 2.36. The van der Waals surface area contributed by atoms with Crippen LogP contribution >= 0.6 is 0 Å². The van der Waals surface area contributed by atoms with Gasteiger partial charge in [-0.25, -0.2) is 19.2 Å². The number of halogens is 7. The molecule has 1 aliphatic rings. The van der Waals surface area contributed by atoms with E-state index in [1.54, 1.807) is 13.0 Å². The van der Waals surface area contributed by atoms with Crippen LogP contribution in [0.15, 0.2) is 42.6 Å². The van der Waals surface area contributed by atoms with Crippen molar-refractivity contribution in [2.24, 2.45) is 0 Å². The highest BCUT2D eigenvalue weighted by molar-refractivity contribution is 5.94. The number of anilines is 1. The molecular formula is C27H27F7N5O2-. The zero-order valence-corrected chi connectivity index (χ0v) is 22.3. The van der Waals surface area contributed by atoms with Gasteiger partial charge in [0.1, 0.15) is 5.82 Å². The molecule has 1 aromatic heterocycles. The lowest BCUT2D eigenvalue weighted by Gasteiger charge is -2.32. The van der Waals surface area contributed by atoms with Gasteiger partial charge in [0.15, 0.2) is 5.69 Å². The first kappa shape index (κ1) is 31.7. The Balaban J connectivity index is 0.000000241. The minimum absolute atomic E-state index is 0.0614. The van der Waals surface area contributed by atoms with Crippen molar-refractivity contribution in [1.29, 1.82) is 0 Å². The van der Waals surface area contributed by atoms with Gasteiger partial charge in [-0.05, 0) is 55.4 Å². The van der Waals surface area contributed by atoms with Gasteiger partial charge in [-0.15, -0.1) is 6.54 Å². The second kappa shape index (κ2) is 12.8. The number of nitrogens with zero attached hydrogens (tertiary/aromatic N) is 5. The largest absolute Gasteiger partial charge is 0.661 e. The molecule has 2 heterocycles. The molecule has 0 atom stereocenters. The summed E-state index contributed by atoms with van der Waals surface area (Å²) >= 11 is 0. The number of aryl methyl sites for hydroxylation is 1. The Labute approximate surface area is 231 Å². The molecule has 1 N–H and O–H groups in total. The maximum Gasteiger partial charge on any atom is 0.416 e. The molecule has 0 amide bonds. The third kappa shape index (κ3) is 8.36. The summed E-state index contributed by atoms with van der Waals surface area (Å²) in [5.74, 6) is -1.06. The number of carboxylic acids is 1. The van der Waals surface area contributed by atoms with Crippen LogP contribution < -0.4 is 4.90 Å². The van der Waals surface area contributed by atoms with Crippen LogP contribution in [0.1, 0.15) is 32.7 Å². The lowest BCUT2D eigenvalue weighted by molar-refractivity contribution is -0.143. The summed E-state index contributed by atoms with van der Waals surface area (Å²) in [6.45, 7) is 4.82. The van der Waals surface area contributed by atoms with Crippen molar-refractivity contribution in [3.63, 3.8) is 0 Å². The van der Waals surface area contributed by atoms with Gasteiger partial charge >= 0.3 is 18.3 Å². The van der Waals surface area contributed by atoms with E-state index >= 15 is 0 Å². The van der Waals surface area contributed by atoms with E-state index in [9.17, 15) is 40.6 Å². The number of hydrogen-bond acceptors (Lipinski definition) is 5. The van der Waals surface area contributed by atoms with E-state index < -0.39 is 29.4 Å². The van der Waals surface area contributed by atoms with Crippen molar-refractivity contribution in [3.05, 3.63) is 81.7 Å². The lowest BCUT2D eigenvalue weighted by atomic mass is 10.0. The Bertz CT molecular complexity index is 1340. The molecule has 41 heavy (non-hydrogen) atoms. The number of aromatic nitrogens is 2. The number of rotatable bonds is 5. The molecule has 0 bridgehead atoms. The standard InChI is InChI=1S/C17H19FN4O2.C10H8F6N/c1-11-9-12(18)3-4-13(11)14-10-19-17(20-15(14)16(23)24)22-7-5-21(2)6-8-22;1-17-5-6-2-7(9(11,12)13)4-8(3-6)10(14,15)16/h3-4,9-10H,5-8H2,1-2H3,(H,23,24);2-4H,5H2,1H3/q;-1. The number of likely N-dealkylation sites (N-methyl/N-ethyl adjacent to an activating group) is 1. The summed E-state index contributed by atoms with van der Waals surface area (Å²) in [6, 6.07) is 5.67. The molecule has 0 spiro atoms. The molecule has 2 aromatic carbocycles. The fraction of sp³-hybridized carbons (Fsp3) is 0.370. The fourth-order valence-corrected chi connectivity index (χ4v) is 4.11. The van der Waals surface area contributed by atoms with Crippen molar-refractivity contribution >= 4 is 11.9 Å². The number of carbonyl (C=O) groups is 1. The average Bonchev–Trinajstić information content (AvgIpc) is 2.88. The number of aromatic carboxylic acids is 1. The van der Waals surface area contributed by atoms with Crippen molar-refractivity contribution in [1.82, 2.24) is 14.9 Å². The molecule has 7 nitrogen and oxygen atoms in total. The van der Waals surface area contributed by atoms with E-state index in [1.165, 1.54) is 25.4 Å². The molecule has 1 saturated heterocycles. The van der Waals surface area contributed by atoms with Gasteiger partial charge in [-0.3, -0.25) is 0 Å². The van der Waals surface area contributed by atoms with Gasteiger partial charge in [0, 0.05) is 37.9 Å². The van der Waals surface area contributed by atoms with E-state index in [1.807, 2.05) is 11.9 Å². The normalized spacial score (nSPS) is 14.4. The zero-order chi connectivity index (χ0) is 30.5. The van der Waals surface area contributed by atoms with Crippen molar-refractivity contribution in [2.75, 3.05) is 45.2 Å². The van der Waals surface area contributed by atoms with E-state index in [0.717, 1.165) is 26.2 Å². The Kier molecular flexibility index (Phi) is 9.92. The fourth-order valence-electron chi connectivity index (χ4n) is 4.11. The Morgan fingerprint density at radius 1 is 0.951 bits per heavy atom. The summed E-state index contributed by atoms with van der Waals surface area (Å²) in [6.07, 6.45) is -8.09. The topological polar surface area (TPSA) is 83.7 Å². The SMILES string of the molecule is C[N-]Cc1cc(C(F)(F)F)cc(C(F)(F)F)c1.Cc1cc(F)ccc1-c1cnc(N2CCN(C)CC2)nc1C(=O)O. The number of piperazine rings is 1. The number of carboxylic acid groups (broad SMARTS) is 1. The molecule has 0 aliphatic carbocycles. The number of hydrogen-bond donors (Lipinski definition) is 1. The number of alkyl halides is 6. The average molecular weight is 587 g/mol. The van der Waals surface area contributed by atoms with Crippen LogP contribution in [0.25, 0.3) is 16.4 Å². The molecule has 0 unspecified atom stereocenters.